The number of piperidine rings is 1. The van der Waals surface area contributed by atoms with Crippen molar-refractivity contribution in [3.8, 4) is 5.75 Å². The van der Waals surface area contributed by atoms with Gasteiger partial charge in [-0.3, -0.25) is 0 Å². The zero-order chi connectivity index (χ0) is 15.9. The monoisotopic (exact) mass is 314 g/mol. The van der Waals surface area contributed by atoms with Gasteiger partial charge in [0.05, 0.1) is 6.54 Å². The van der Waals surface area contributed by atoms with Gasteiger partial charge in [0.25, 0.3) is 0 Å². The van der Waals surface area contributed by atoms with Crippen LogP contribution in [0.15, 0.2) is 18.2 Å². The molecule has 1 aliphatic heterocycles. The molecule has 1 heterocycles. The highest BCUT2D eigenvalue weighted by atomic mass is 19.2. The van der Waals surface area contributed by atoms with Crippen LogP contribution in [0.2, 0.25) is 0 Å². The Morgan fingerprint density at radius 1 is 1.41 bits per heavy atom. The Labute approximate surface area is 127 Å². The number of aliphatic hydroxyl groups is 1. The van der Waals surface area contributed by atoms with E-state index in [0.717, 1.165) is 25.0 Å². The lowest BCUT2D eigenvalue weighted by molar-refractivity contribution is 0.129. The summed E-state index contributed by atoms with van der Waals surface area (Å²) >= 11 is 0. The fourth-order valence-electron chi connectivity index (χ4n) is 2.40. The van der Waals surface area contributed by atoms with E-state index in [9.17, 15) is 13.6 Å². The molecule has 1 aromatic carbocycles. The van der Waals surface area contributed by atoms with Gasteiger partial charge < -0.3 is 20.1 Å². The van der Waals surface area contributed by atoms with Gasteiger partial charge in [-0.1, -0.05) is 0 Å². The molecular weight excluding hydrogens is 294 g/mol. The van der Waals surface area contributed by atoms with E-state index in [1.807, 2.05) is 0 Å². The van der Waals surface area contributed by atoms with Crippen LogP contribution >= 0.6 is 0 Å². The maximum absolute atomic E-state index is 13.0. The molecule has 22 heavy (non-hydrogen) atoms. The van der Waals surface area contributed by atoms with E-state index in [2.05, 4.69) is 5.32 Å². The van der Waals surface area contributed by atoms with Crippen LogP contribution in [-0.4, -0.2) is 48.9 Å². The molecule has 2 amide bonds. The number of carbonyl (C=O) groups excluding carboxylic acids is 1. The van der Waals surface area contributed by atoms with E-state index in [4.69, 9.17) is 9.84 Å². The zero-order valence-corrected chi connectivity index (χ0v) is 12.2. The standard InChI is InChI=1S/C15H20F2N2O3/c16-13-4-3-12(8-14(13)17)22-7-5-18-15(21)19-6-1-2-11(9-19)10-20/h3-4,8,11,20H,1-2,5-7,9-10H2,(H,18,21). The summed E-state index contributed by atoms with van der Waals surface area (Å²) < 4.78 is 31.0. The Kier molecular flexibility index (Phi) is 5.94. The first-order valence-corrected chi connectivity index (χ1v) is 7.31. The SMILES string of the molecule is O=C(NCCOc1ccc(F)c(F)c1)N1CCCC(CO)C1. The molecule has 1 aromatic rings. The number of halogens is 2. The number of ether oxygens (including phenoxy) is 1. The number of nitrogens with zero attached hydrogens (tertiary/aromatic N) is 1. The average molecular weight is 314 g/mol. The summed E-state index contributed by atoms with van der Waals surface area (Å²) in [5.74, 6) is -1.54. The third-order valence-electron chi connectivity index (χ3n) is 3.60. The van der Waals surface area contributed by atoms with Crippen LogP contribution in [0.1, 0.15) is 12.8 Å². The molecule has 1 unspecified atom stereocenters. The van der Waals surface area contributed by atoms with Crippen LogP contribution in [0.25, 0.3) is 0 Å². The molecule has 1 aliphatic rings. The van der Waals surface area contributed by atoms with Crippen LogP contribution in [0.3, 0.4) is 0 Å². The number of rotatable bonds is 5. The third-order valence-corrected chi connectivity index (χ3v) is 3.60. The topological polar surface area (TPSA) is 61.8 Å². The molecule has 0 radical (unpaired) electrons. The molecule has 7 heteroatoms. The Bertz CT molecular complexity index is 514. The fraction of sp³-hybridized carbons (Fsp3) is 0.533. The number of hydrogen-bond acceptors (Lipinski definition) is 3. The highest BCUT2D eigenvalue weighted by Gasteiger charge is 2.22. The number of benzene rings is 1. The van der Waals surface area contributed by atoms with Gasteiger partial charge in [-0.25, -0.2) is 13.6 Å². The molecule has 0 aromatic heterocycles. The number of nitrogens with one attached hydrogen (secondary N) is 1. The second-order valence-electron chi connectivity index (χ2n) is 5.29. The van der Waals surface area contributed by atoms with Crippen molar-refractivity contribution in [2.45, 2.75) is 12.8 Å². The van der Waals surface area contributed by atoms with Crippen molar-refractivity contribution < 1.29 is 23.4 Å². The Hall–Kier alpha value is -1.89. The van der Waals surface area contributed by atoms with E-state index in [-0.39, 0.29) is 37.5 Å². The lowest BCUT2D eigenvalue weighted by Gasteiger charge is -2.31. The molecule has 0 spiro atoms. The van der Waals surface area contributed by atoms with Gasteiger partial charge in [-0.05, 0) is 30.9 Å². The molecule has 0 bridgehead atoms. The number of likely N-dealkylation sites (tertiary alicyclic amines) is 1. The minimum atomic E-state index is -0.968. The highest BCUT2D eigenvalue weighted by molar-refractivity contribution is 5.74. The summed E-state index contributed by atoms with van der Waals surface area (Å²) in [6, 6.07) is 3.09. The molecule has 2 rings (SSSR count). The first-order chi connectivity index (χ1) is 10.6. The van der Waals surface area contributed by atoms with E-state index in [1.54, 1.807) is 4.90 Å². The first kappa shape index (κ1) is 16.5. The Balaban J connectivity index is 1.69. The van der Waals surface area contributed by atoms with Gasteiger partial charge in [-0.2, -0.15) is 0 Å². The number of carbonyl (C=O) groups is 1. The Morgan fingerprint density at radius 2 is 2.23 bits per heavy atom. The molecule has 5 nitrogen and oxygen atoms in total. The maximum atomic E-state index is 13.0. The minimum absolute atomic E-state index is 0.0863. The number of urea groups is 1. The molecule has 1 saturated heterocycles. The highest BCUT2D eigenvalue weighted by Crippen LogP contribution is 2.16. The summed E-state index contributed by atoms with van der Waals surface area (Å²) in [5, 5.41) is 11.8. The van der Waals surface area contributed by atoms with E-state index < -0.39 is 11.6 Å². The smallest absolute Gasteiger partial charge is 0.317 e. The van der Waals surface area contributed by atoms with Crippen molar-refractivity contribution in [2.75, 3.05) is 32.8 Å². The minimum Gasteiger partial charge on any atom is -0.492 e. The van der Waals surface area contributed by atoms with Gasteiger partial charge in [0, 0.05) is 25.8 Å². The second-order valence-corrected chi connectivity index (χ2v) is 5.29. The lowest BCUT2D eigenvalue weighted by atomic mass is 9.99. The van der Waals surface area contributed by atoms with Crippen molar-refractivity contribution in [3.63, 3.8) is 0 Å². The van der Waals surface area contributed by atoms with Gasteiger partial charge in [0.15, 0.2) is 11.6 Å². The molecular formula is C15H20F2N2O3. The van der Waals surface area contributed by atoms with Crippen molar-refractivity contribution in [1.82, 2.24) is 10.2 Å². The fourth-order valence-corrected chi connectivity index (χ4v) is 2.40. The van der Waals surface area contributed by atoms with Crippen LogP contribution in [-0.2, 0) is 0 Å². The summed E-state index contributed by atoms with van der Waals surface area (Å²) in [5.41, 5.74) is 0. The predicted octanol–water partition coefficient (Wildman–Crippen LogP) is 1.76. The van der Waals surface area contributed by atoms with E-state index in [1.165, 1.54) is 6.07 Å². The quantitative estimate of drug-likeness (QED) is 0.814. The number of amides is 2. The predicted molar refractivity (Wildman–Crippen MR) is 76.6 cm³/mol. The summed E-state index contributed by atoms with van der Waals surface area (Å²) in [4.78, 5) is 13.6. The summed E-state index contributed by atoms with van der Waals surface area (Å²) in [6.07, 6.45) is 1.81. The van der Waals surface area contributed by atoms with Gasteiger partial charge in [0.2, 0.25) is 0 Å². The van der Waals surface area contributed by atoms with Crippen LogP contribution in [0, 0.1) is 17.6 Å². The van der Waals surface area contributed by atoms with E-state index >= 15 is 0 Å². The number of hydrogen-bond donors (Lipinski definition) is 2. The first-order valence-electron chi connectivity index (χ1n) is 7.31. The molecule has 1 atom stereocenters. The van der Waals surface area contributed by atoms with Crippen molar-refractivity contribution in [2.24, 2.45) is 5.92 Å². The van der Waals surface area contributed by atoms with Crippen LogP contribution < -0.4 is 10.1 Å². The maximum Gasteiger partial charge on any atom is 0.317 e. The second kappa shape index (κ2) is 7.93. The largest absolute Gasteiger partial charge is 0.492 e. The van der Waals surface area contributed by atoms with Crippen molar-refractivity contribution in [1.29, 1.82) is 0 Å². The van der Waals surface area contributed by atoms with Crippen LogP contribution in [0.4, 0.5) is 13.6 Å². The Morgan fingerprint density at radius 3 is 2.95 bits per heavy atom. The van der Waals surface area contributed by atoms with Crippen molar-refractivity contribution in [3.05, 3.63) is 29.8 Å². The molecule has 0 aliphatic carbocycles. The van der Waals surface area contributed by atoms with Crippen molar-refractivity contribution >= 4 is 6.03 Å². The molecule has 2 N–H and O–H groups in total. The van der Waals surface area contributed by atoms with Crippen LogP contribution in [0.5, 0.6) is 5.75 Å². The average Bonchev–Trinajstić information content (AvgIpc) is 2.54. The molecule has 0 saturated carbocycles. The zero-order valence-electron chi connectivity index (χ0n) is 12.2. The molecule has 122 valence electrons. The summed E-state index contributed by atoms with van der Waals surface area (Å²) in [7, 11) is 0. The normalized spacial score (nSPS) is 18.1. The lowest BCUT2D eigenvalue weighted by Crippen LogP contribution is -2.47. The van der Waals surface area contributed by atoms with Gasteiger partial charge >= 0.3 is 6.03 Å². The molecule has 1 fully saturated rings. The summed E-state index contributed by atoms with van der Waals surface area (Å²) in [6.45, 7) is 1.73. The van der Waals surface area contributed by atoms with E-state index in [0.29, 0.717) is 13.1 Å². The van der Waals surface area contributed by atoms with Gasteiger partial charge in [0.1, 0.15) is 12.4 Å². The number of aliphatic hydroxyl groups excluding tert-OH is 1. The third kappa shape index (κ3) is 4.56. The van der Waals surface area contributed by atoms with Gasteiger partial charge in [-0.15, -0.1) is 0 Å².